The quantitative estimate of drug-likeness (QED) is 0.736. The summed E-state index contributed by atoms with van der Waals surface area (Å²) in [6.07, 6.45) is -0.120. The molecule has 0 aliphatic carbocycles. The van der Waals surface area contributed by atoms with E-state index in [-0.39, 0.29) is 12.0 Å². The van der Waals surface area contributed by atoms with Crippen LogP contribution in [0.4, 0.5) is 8.78 Å². The van der Waals surface area contributed by atoms with E-state index in [1.807, 2.05) is 0 Å². The molecule has 2 aromatic carbocycles. The van der Waals surface area contributed by atoms with Crippen molar-refractivity contribution in [3.05, 3.63) is 69.2 Å². The second-order valence-electron chi connectivity index (χ2n) is 5.53. The predicted octanol–water partition coefficient (Wildman–Crippen LogP) is 4.23. The summed E-state index contributed by atoms with van der Waals surface area (Å²) in [4.78, 5) is 23.7. The van der Waals surface area contributed by atoms with Crippen molar-refractivity contribution in [3.8, 4) is 0 Å². The van der Waals surface area contributed by atoms with Gasteiger partial charge < -0.3 is 10.1 Å². The van der Waals surface area contributed by atoms with Gasteiger partial charge >= 0.3 is 5.97 Å². The molecule has 138 valence electrons. The number of hydrogen-bond acceptors (Lipinski definition) is 3. The van der Waals surface area contributed by atoms with Crippen LogP contribution in [-0.4, -0.2) is 18.5 Å². The lowest BCUT2D eigenvalue weighted by Crippen LogP contribution is -2.31. The third-order valence-corrected chi connectivity index (χ3v) is 4.11. The van der Waals surface area contributed by atoms with Gasteiger partial charge in [-0.25, -0.2) is 8.78 Å². The lowest BCUT2D eigenvalue weighted by atomic mass is 10.1. The lowest BCUT2D eigenvalue weighted by molar-refractivity contribution is -0.148. The molecule has 0 unspecified atom stereocenters. The van der Waals surface area contributed by atoms with Gasteiger partial charge in [0.1, 0.15) is 11.6 Å². The fourth-order valence-electron chi connectivity index (χ4n) is 2.23. The van der Waals surface area contributed by atoms with Crippen LogP contribution in [0.3, 0.4) is 0 Å². The number of nitrogens with one attached hydrogen (secondary N) is 1. The summed E-state index contributed by atoms with van der Waals surface area (Å²) in [5.41, 5.74) is 0.641. The van der Waals surface area contributed by atoms with Crippen molar-refractivity contribution in [1.29, 1.82) is 0 Å². The standard InChI is InChI=1S/C18H15Cl2F2NO3/c1-10(14-5-4-13(21)8-16(14)22)23-17(24)9-26-18(25)6-11-2-3-12(19)7-15(11)20/h2-5,7-8,10H,6,9H2,1H3,(H,23,24)/t10-/m1/s1. The van der Waals surface area contributed by atoms with Crippen LogP contribution in [0, 0.1) is 11.6 Å². The number of ether oxygens (including phenoxy) is 1. The summed E-state index contributed by atoms with van der Waals surface area (Å²) in [5.74, 6) is -2.74. The molecule has 0 aliphatic rings. The van der Waals surface area contributed by atoms with E-state index in [1.165, 1.54) is 19.1 Å². The van der Waals surface area contributed by atoms with E-state index in [2.05, 4.69) is 5.32 Å². The maximum Gasteiger partial charge on any atom is 0.310 e. The SMILES string of the molecule is C[C@@H](NC(=O)COC(=O)Cc1ccc(Cl)cc1Cl)c1ccc(F)cc1F. The van der Waals surface area contributed by atoms with Gasteiger partial charge in [0.2, 0.25) is 0 Å². The van der Waals surface area contributed by atoms with Gasteiger partial charge in [-0.1, -0.05) is 35.3 Å². The van der Waals surface area contributed by atoms with Crippen LogP contribution in [0.5, 0.6) is 0 Å². The molecule has 0 aromatic heterocycles. The predicted molar refractivity (Wildman–Crippen MR) is 94.0 cm³/mol. The molecule has 0 bridgehead atoms. The molecule has 0 saturated carbocycles. The highest BCUT2D eigenvalue weighted by Crippen LogP contribution is 2.21. The van der Waals surface area contributed by atoms with Gasteiger partial charge in [0.05, 0.1) is 12.5 Å². The van der Waals surface area contributed by atoms with Gasteiger partial charge in [-0.3, -0.25) is 9.59 Å². The monoisotopic (exact) mass is 401 g/mol. The number of amides is 1. The number of esters is 1. The van der Waals surface area contributed by atoms with Crippen molar-refractivity contribution >= 4 is 35.1 Å². The van der Waals surface area contributed by atoms with E-state index in [1.54, 1.807) is 12.1 Å². The van der Waals surface area contributed by atoms with Crippen LogP contribution in [-0.2, 0) is 20.7 Å². The van der Waals surface area contributed by atoms with E-state index in [9.17, 15) is 18.4 Å². The van der Waals surface area contributed by atoms with Gasteiger partial charge in [0, 0.05) is 21.7 Å². The summed E-state index contributed by atoms with van der Waals surface area (Å²) in [6.45, 7) is 1.00. The molecule has 2 aromatic rings. The summed E-state index contributed by atoms with van der Waals surface area (Å²) < 4.78 is 31.5. The maximum atomic E-state index is 13.7. The minimum absolute atomic E-state index is 0.120. The minimum Gasteiger partial charge on any atom is -0.455 e. The molecule has 4 nitrogen and oxygen atoms in total. The van der Waals surface area contributed by atoms with Crippen molar-refractivity contribution in [2.24, 2.45) is 0 Å². The average Bonchev–Trinajstić information content (AvgIpc) is 2.55. The number of halogens is 4. The van der Waals surface area contributed by atoms with E-state index in [4.69, 9.17) is 27.9 Å². The van der Waals surface area contributed by atoms with Crippen LogP contribution in [0.2, 0.25) is 10.0 Å². The Hall–Kier alpha value is -2.18. The third kappa shape index (κ3) is 5.68. The van der Waals surface area contributed by atoms with Gasteiger partial charge in [-0.2, -0.15) is 0 Å². The molecule has 0 aliphatic heterocycles. The molecular formula is C18H15Cl2F2NO3. The Labute approximate surface area is 159 Å². The lowest BCUT2D eigenvalue weighted by Gasteiger charge is -2.15. The van der Waals surface area contributed by atoms with Crippen LogP contribution < -0.4 is 5.32 Å². The molecule has 1 N–H and O–H groups in total. The van der Waals surface area contributed by atoms with E-state index < -0.39 is 36.2 Å². The second kappa shape index (κ2) is 8.96. The summed E-state index contributed by atoms with van der Waals surface area (Å²) in [7, 11) is 0. The maximum absolute atomic E-state index is 13.7. The minimum atomic E-state index is -0.771. The van der Waals surface area contributed by atoms with Gasteiger partial charge in [-0.15, -0.1) is 0 Å². The van der Waals surface area contributed by atoms with Crippen molar-refractivity contribution in [2.45, 2.75) is 19.4 Å². The molecule has 1 amide bonds. The molecule has 8 heteroatoms. The zero-order chi connectivity index (χ0) is 19.3. The first-order valence-electron chi connectivity index (χ1n) is 7.60. The van der Waals surface area contributed by atoms with Gasteiger partial charge in [-0.05, 0) is 30.7 Å². The van der Waals surface area contributed by atoms with Crippen LogP contribution in [0.1, 0.15) is 24.1 Å². The summed E-state index contributed by atoms with van der Waals surface area (Å²) in [6, 6.07) is 7.02. The Morgan fingerprint density at radius 1 is 1.15 bits per heavy atom. The Kier molecular flexibility index (Phi) is 6.94. The Balaban J connectivity index is 1.85. The number of rotatable bonds is 6. The zero-order valence-corrected chi connectivity index (χ0v) is 15.2. The van der Waals surface area contributed by atoms with Crippen molar-refractivity contribution < 1.29 is 23.1 Å². The molecule has 0 saturated heterocycles. The highest BCUT2D eigenvalue weighted by atomic mass is 35.5. The summed E-state index contributed by atoms with van der Waals surface area (Å²) >= 11 is 11.7. The largest absolute Gasteiger partial charge is 0.455 e. The van der Waals surface area contributed by atoms with Crippen molar-refractivity contribution in [2.75, 3.05) is 6.61 Å². The molecular weight excluding hydrogens is 387 g/mol. The first-order chi connectivity index (χ1) is 12.3. The fourth-order valence-corrected chi connectivity index (χ4v) is 2.71. The summed E-state index contributed by atoms with van der Waals surface area (Å²) in [5, 5.41) is 3.23. The highest BCUT2D eigenvalue weighted by molar-refractivity contribution is 6.35. The zero-order valence-electron chi connectivity index (χ0n) is 13.7. The number of benzene rings is 2. The van der Waals surface area contributed by atoms with Gasteiger partial charge in [0.25, 0.3) is 5.91 Å². The van der Waals surface area contributed by atoms with E-state index in [0.29, 0.717) is 15.6 Å². The molecule has 26 heavy (non-hydrogen) atoms. The molecule has 0 heterocycles. The topological polar surface area (TPSA) is 55.4 Å². The Bertz CT molecular complexity index is 830. The Morgan fingerprint density at radius 3 is 2.54 bits per heavy atom. The van der Waals surface area contributed by atoms with Crippen LogP contribution in [0.25, 0.3) is 0 Å². The first-order valence-corrected chi connectivity index (χ1v) is 8.35. The van der Waals surface area contributed by atoms with Crippen molar-refractivity contribution in [1.82, 2.24) is 5.32 Å². The third-order valence-electron chi connectivity index (χ3n) is 3.52. The van der Waals surface area contributed by atoms with E-state index in [0.717, 1.165) is 12.1 Å². The smallest absolute Gasteiger partial charge is 0.310 e. The van der Waals surface area contributed by atoms with Gasteiger partial charge in [0.15, 0.2) is 6.61 Å². The average molecular weight is 402 g/mol. The number of hydrogen-bond donors (Lipinski definition) is 1. The fraction of sp³-hybridized carbons (Fsp3) is 0.222. The second-order valence-corrected chi connectivity index (χ2v) is 6.37. The normalized spacial score (nSPS) is 11.7. The van der Waals surface area contributed by atoms with Crippen molar-refractivity contribution in [3.63, 3.8) is 0 Å². The number of carbonyl (C=O) groups is 2. The Morgan fingerprint density at radius 2 is 1.88 bits per heavy atom. The first kappa shape index (κ1) is 20.1. The molecule has 1 atom stereocenters. The highest BCUT2D eigenvalue weighted by Gasteiger charge is 2.16. The van der Waals surface area contributed by atoms with Crippen LogP contribution >= 0.6 is 23.2 Å². The van der Waals surface area contributed by atoms with E-state index >= 15 is 0 Å². The molecule has 0 radical (unpaired) electrons. The molecule has 0 spiro atoms. The molecule has 2 rings (SSSR count). The van der Waals surface area contributed by atoms with Crippen LogP contribution in [0.15, 0.2) is 36.4 Å². The molecule has 0 fully saturated rings. The number of carbonyl (C=O) groups excluding carboxylic acids is 2.